The molecule has 2 aromatic heterocycles. The topological polar surface area (TPSA) is 150 Å². The molecule has 212 valence electrons. The molecule has 0 spiro atoms. The van der Waals surface area contributed by atoms with Crippen molar-refractivity contribution in [2.24, 2.45) is 5.14 Å². The smallest absolute Gasteiger partial charge is 0.336 e. The first kappa shape index (κ1) is 28.7. The Kier molecular flexibility index (Phi) is 7.42. The zero-order valence-corrected chi connectivity index (χ0v) is 23.7. The number of nitrogens with two attached hydrogens (primary N) is 1. The van der Waals surface area contributed by atoms with E-state index in [4.69, 9.17) is 21.5 Å². The van der Waals surface area contributed by atoms with Gasteiger partial charge in [0.05, 0.1) is 41.5 Å². The van der Waals surface area contributed by atoms with Gasteiger partial charge in [0.1, 0.15) is 23.0 Å². The van der Waals surface area contributed by atoms with Crippen LogP contribution in [0, 0.1) is 24.1 Å². The van der Waals surface area contributed by atoms with Crippen molar-refractivity contribution in [2.45, 2.75) is 18.4 Å². The van der Waals surface area contributed by atoms with Crippen molar-refractivity contribution in [1.29, 1.82) is 5.26 Å². The van der Waals surface area contributed by atoms with E-state index in [2.05, 4.69) is 4.98 Å². The third-order valence-corrected chi connectivity index (χ3v) is 7.86. The van der Waals surface area contributed by atoms with Gasteiger partial charge in [-0.05, 0) is 72.1 Å². The molecular weight excluding hydrogens is 585 g/mol. The average Bonchev–Trinajstić information content (AvgIpc) is 2.95. The van der Waals surface area contributed by atoms with E-state index in [0.29, 0.717) is 16.7 Å². The highest BCUT2D eigenvalue weighted by Gasteiger charge is 2.22. The zero-order chi connectivity index (χ0) is 30.3. The minimum atomic E-state index is -4.08. The number of hydrogen-bond acceptors (Lipinski definition) is 7. The maximum Gasteiger partial charge on any atom is 0.336 e. The molecule has 0 aliphatic heterocycles. The largest absolute Gasteiger partial charge is 0.496 e. The van der Waals surface area contributed by atoms with Crippen molar-refractivity contribution >= 4 is 32.5 Å². The number of pyridine rings is 1. The standard InChI is InChI=1S/C29H21ClFN5O5S/c1-16-7-20(14-34-13-16)36-28(37)27-25(35(29(36)38)15-17-3-6-24(31)19(8-17)12-32)9-18(10-26(27)41-2)22-11-21(42(33,39)40)4-5-23(22)30/h3-11,13-14H,15H2,1-2H3,(H2,33,39,40). The Hall–Kier alpha value is -4.83. The van der Waals surface area contributed by atoms with Crippen molar-refractivity contribution in [3.63, 3.8) is 0 Å². The van der Waals surface area contributed by atoms with E-state index >= 15 is 0 Å². The fourth-order valence-corrected chi connectivity index (χ4v) is 5.42. The van der Waals surface area contributed by atoms with Crippen LogP contribution in [0.15, 0.2) is 81.5 Å². The van der Waals surface area contributed by atoms with Crippen LogP contribution < -0.4 is 21.1 Å². The van der Waals surface area contributed by atoms with Crippen LogP contribution in [0.5, 0.6) is 5.75 Å². The SMILES string of the molecule is COc1cc(-c2cc(S(N)(=O)=O)ccc2Cl)cc2c1c(=O)n(-c1cncc(C)c1)c(=O)n2Cc1ccc(F)c(C#N)c1. The molecule has 0 atom stereocenters. The van der Waals surface area contributed by atoms with Crippen LogP contribution in [0.2, 0.25) is 5.02 Å². The molecule has 13 heteroatoms. The number of aromatic nitrogens is 3. The van der Waals surface area contributed by atoms with E-state index in [9.17, 15) is 27.7 Å². The second-order valence-electron chi connectivity index (χ2n) is 9.42. The summed E-state index contributed by atoms with van der Waals surface area (Å²) in [4.78, 5) is 31.9. The summed E-state index contributed by atoms with van der Waals surface area (Å²) in [7, 11) is -2.74. The number of primary sulfonamides is 1. The van der Waals surface area contributed by atoms with Gasteiger partial charge in [0.2, 0.25) is 10.0 Å². The highest BCUT2D eigenvalue weighted by molar-refractivity contribution is 7.89. The van der Waals surface area contributed by atoms with E-state index in [0.717, 1.165) is 10.6 Å². The predicted molar refractivity (Wildman–Crippen MR) is 155 cm³/mol. The van der Waals surface area contributed by atoms with E-state index in [1.165, 1.54) is 60.3 Å². The van der Waals surface area contributed by atoms with Gasteiger partial charge in [-0.25, -0.2) is 27.3 Å². The fourth-order valence-electron chi connectivity index (χ4n) is 4.65. The minimum Gasteiger partial charge on any atom is -0.496 e. The van der Waals surface area contributed by atoms with Gasteiger partial charge in [0.25, 0.3) is 5.56 Å². The summed E-state index contributed by atoms with van der Waals surface area (Å²) in [6.45, 7) is 1.59. The number of aryl methyl sites for hydroxylation is 1. The lowest BCUT2D eigenvalue weighted by Gasteiger charge is -2.18. The van der Waals surface area contributed by atoms with Crippen molar-refractivity contribution < 1.29 is 17.5 Å². The summed E-state index contributed by atoms with van der Waals surface area (Å²) >= 11 is 6.44. The number of rotatable bonds is 6. The molecule has 5 rings (SSSR count). The highest BCUT2D eigenvalue weighted by atomic mass is 35.5. The third-order valence-electron chi connectivity index (χ3n) is 6.62. The first-order valence-electron chi connectivity index (χ1n) is 12.2. The summed E-state index contributed by atoms with van der Waals surface area (Å²) in [6.07, 6.45) is 2.94. The van der Waals surface area contributed by atoms with Crippen LogP contribution in [-0.4, -0.2) is 29.6 Å². The number of benzene rings is 3. The van der Waals surface area contributed by atoms with Crippen molar-refractivity contribution in [3.8, 4) is 28.6 Å². The molecule has 5 aromatic rings. The van der Waals surface area contributed by atoms with Crippen LogP contribution in [0.3, 0.4) is 0 Å². The number of sulfonamides is 1. The monoisotopic (exact) mass is 605 g/mol. The van der Waals surface area contributed by atoms with Gasteiger partial charge in [-0.1, -0.05) is 17.7 Å². The number of nitriles is 1. The van der Waals surface area contributed by atoms with E-state index in [1.807, 2.05) is 0 Å². The Morgan fingerprint density at radius 2 is 1.86 bits per heavy atom. The molecule has 0 saturated carbocycles. The average molecular weight is 606 g/mol. The van der Waals surface area contributed by atoms with E-state index < -0.39 is 27.1 Å². The van der Waals surface area contributed by atoms with Gasteiger partial charge in [0, 0.05) is 16.8 Å². The summed E-state index contributed by atoms with van der Waals surface area (Å²) in [5.74, 6) is -0.646. The molecule has 2 N–H and O–H groups in total. The second kappa shape index (κ2) is 10.9. The molecule has 0 aliphatic rings. The Labute approximate surface area is 243 Å². The maximum atomic E-state index is 14.1. The van der Waals surface area contributed by atoms with E-state index in [1.54, 1.807) is 25.3 Å². The lowest BCUT2D eigenvalue weighted by atomic mass is 10.0. The summed E-state index contributed by atoms with van der Waals surface area (Å²) in [5.41, 5.74) is 0.373. The number of halogens is 2. The van der Waals surface area contributed by atoms with Crippen LogP contribution in [0.4, 0.5) is 4.39 Å². The van der Waals surface area contributed by atoms with Crippen molar-refractivity contribution in [3.05, 3.63) is 115 Å². The molecule has 10 nitrogen and oxygen atoms in total. The number of methoxy groups -OCH3 is 1. The van der Waals surface area contributed by atoms with Gasteiger partial charge in [0.15, 0.2) is 0 Å². The number of hydrogen-bond donors (Lipinski definition) is 1. The Morgan fingerprint density at radius 1 is 1.10 bits per heavy atom. The van der Waals surface area contributed by atoms with Gasteiger partial charge >= 0.3 is 5.69 Å². The van der Waals surface area contributed by atoms with Crippen LogP contribution in [-0.2, 0) is 16.6 Å². The normalized spacial score (nSPS) is 11.4. The Bertz CT molecular complexity index is 2190. The molecule has 0 fully saturated rings. The first-order chi connectivity index (χ1) is 19.9. The minimum absolute atomic E-state index is 0.0312. The molecule has 0 unspecified atom stereocenters. The molecule has 0 aliphatic carbocycles. The molecule has 2 heterocycles. The number of fused-ring (bicyclic) bond motifs is 1. The lowest BCUT2D eigenvalue weighted by molar-refractivity contribution is 0.419. The molecule has 0 amide bonds. The highest BCUT2D eigenvalue weighted by Crippen LogP contribution is 2.35. The lowest BCUT2D eigenvalue weighted by Crippen LogP contribution is -2.39. The molecule has 3 aromatic carbocycles. The molecule has 0 bridgehead atoms. The Morgan fingerprint density at radius 3 is 2.52 bits per heavy atom. The van der Waals surface area contributed by atoms with Crippen molar-refractivity contribution in [1.82, 2.24) is 14.1 Å². The summed E-state index contributed by atoms with van der Waals surface area (Å²) < 4.78 is 46.0. The third kappa shape index (κ3) is 5.16. The van der Waals surface area contributed by atoms with Crippen LogP contribution in [0.1, 0.15) is 16.7 Å². The second-order valence-corrected chi connectivity index (χ2v) is 11.4. The van der Waals surface area contributed by atoms with Gasteiger partial charge in [-0.3, -0.25) is 14.3 Å². The zero-order valence-electron chi connectivity index (χ0n) is 22.1. The van der Waals surface area contributed by atoms with Crippen LogP contribution >= 0.6 is 11.6 Å². The van der Waals surface area contributed by atoms with E-state index in [-0.39, 0.29) is 49.9 Å². The Balaban J connectivity index is 1.90. The maximum absolute atomic E-state index is 14.1. The molecular formula is C29H21ClFN5O5S. The van der Waals surface area contributed by atoms with Crippen molar-refractivity contribution in [2.75, 3.05) is 7.11 Å². The van der Waals surface area contributed by atoms with Gasteiger partial charge in [-0.2, -0.15) is 5.26 Å². The fraction of sp³-hybridized carbons (Fsp3) is 0.103. The van der Waals surface area contributed by atoms with Gasteiger partial charge in [-0.15, -0.1) is 0 Å². The first-order valence-corrected chi connectivity index (χ1v) is 14.2. The molecule has 42 heavy (non-hydrogen) atoms. The number of nitrogens with zero attached hydrogens (tertiary/aromatic N) is 4. The van der Waals surface area contributed by atoms with Gasteiger partial charge < -0.3 is 4.74 Å². The summed E-state index contributed by atoms with van der Waals surface area (Å²) in [6, 6.07) is 14.1. The van der Waals surface area contributed by atoms with Crippen LogP contribution in [0.25, 0.3) is 27.7 Å². The number of ether oxygens (including phenoxy) is 1. The molecule has 0 saturated heterocycles. The predicted octanol–water partition coefficient (Wildman–Crippen LogP) is 3.89. The quantitative estimate of drug-likeness (QED) is 0.308. The summed E-state index contributed by atoms with van der Waals surface area (Å²) in [5, 5.41) is 14.9. The molecule has 0 radical (unpaired) electrons.